The first-order valence-electron chi connectivity index (χ1n) is 6.04. The summed E-state index contributed by atoms with van der Waals surface area (Å²) in [4.78, 5) is 11.3. The minimum atomic E-state index is -0.194. The van der Waals surface area contributed by atoms with Crippen LogP contribution in [0.4, 0.5) is 0 Å². The van der Waals surface area contributed by atoms with Gasteiger partial charge in [0.1, 0.15) is 0 Å². The van der Waals surface area contributed by atoms with Gasteiger partial charge < -0.3 is 10.1 Å². The van der Waals surface area contributed by atoms with Crippen molar-refractivity contribution in [2.75, 3.05) is 7.11 Å². The fourth-order valence-electron chi connectivity index (χ4n) is 1.56. The molecule has 1 atom stereocenters. The predicted molar refractivity (Wildman–Crippen MR) is 68.8 cm³/mol. The van der Waals surface area contributed by atoms with E-state index in [-0.39, 0.29) is 5.97 Å². The van der Waals surface area contributed by atoms with Crippen LogP contribution in [0.1, 0.15) is 31.4 Å². The van der Waals surface area contributed by atoms with Gasteiger partial charge in [-0.05, 0) is 24.5 Å². The highest BCUT2D eigenvalue weighted by Crippen LogP contribution is 2.10. The van der Waals surface area contributed by atoms with Crippen molar-refractivity contribution >= 4 is 5.97 Å². The Morgan fingerprint density at radius 1 is 1.35 bits per heavy atom. The molecule has 1 N–H and O–H groups in total. The van der Waals surface area contributed by atoms with Gasteiger partial charge >= 0.3 is 5.97 Å². The highest BCUT2D eigenvalue weighted by molar-refractivity contribution is 5.72. The molecule has 0 aliphatic rings. The second-order valence-corrected chi connectivity index (χ2v) is 4.21. The third-order valence-corrected chi connectivity index (χ3v) is 2.93. The van der Waals surface area contributed by atoms with E-state index in [1.165, 1.54) is 12.7 Å². The normalized spacial score (nSPS) is 12.2. The van der Waals surface area contributed by atoms with Crippen LogP contribution in [-0.2, 0) is 22.5 Å². The van der Waals surface area contributed by atoms with E-state index in [1.807, 2.05) is 24.3 Å². The largest absolute Gasteiger partial charge is 0.469 e. The maximum Gasteiger partial charge on any atom is 0.309 e. The number of benzene rings is 1. The third kappa shape index (κ3) is 4.57. The fraction of sp³-hybridized carbons (Fsp3) is 0.500. The van der Waals surface area contributed by atoms with Crippen molar-refractivity contribution in [1.29, 1.82) is 0 Å². The molecular formula is C14H21NO2. The lowest BCUT2D eigenvalue weighted by molar-refractivity contribution is -0.139. The molecule has 1 rings (SSSR count). The molecule has 1 aromatic carbocycles. The van der Waals surface area contributed by atoms with Gasteiger partial charge in [0.25, 0.3) is 0 Å². The average Bonchev–Trinajstić information content (AvgIpc) is 2.37. The topological polar surface area (TPSA) is 38.3 Å². The van der Waals surface area contributed by atoms with E-state index in [0.717, 1.165) is 18.5 Å². The van der Waals surface area contributed by atoms with Crippen molar-refractivity contribution in [3.63, 3.8) is 0 Å². The van der Waals surface area contributed by atoms with Crippen molar-refractivity contribution in [2.24, 2.45) is 0 Å². The van der Waals surface area contributed by atoms with Crippen LogP contribution in [-0.4, -0.2) is 19.1 Å². The summed E-state index contributed by atoms with van der Waals surface area (Å²) in [5, 5.41) is 3.43. The Morgan fingerprint density at radius 2 is 2.00 bits per heavy atom. The molecule has 1 unspecified atom stereocenters. The van der Waals surface area contributed by atoms with Gasteiger partial charge in [-0.3, -0.25) is 4.79 Å². The van der Waals surface area contributed by atoms with Gasteiger partial charge in [0.2, 0.25) is 0 Å². The maximum atomic E-state index is 11.3. The van der Waals surface area contributed by atoms with Gasteiger partial charge in [0, 0.05) is 12.6 Å². The van der Waals surface area contributed by atoms with Crippen LogP contribution in [0, 0.1) is 0 Å². The van der Waals surface area contributed by atoms with E-state index in [9.17, 15) is 4.79 Å². The van der Waals surface area contributed by atoms with Crippen molar-refractivity contribution in [2.45, 2.75) is 39.3 Å². The number of esters is 1. The number of hydrogen-bond donors (Lipinski definition) is 1. The molecule has 0 heterocycles. The van der Waals surface area contributed by atoms with Crippen LogP contribution >= 0.6 is 0 Å². The van der Waals surface area contributed by atoms with Crippen LogP contribution in [0.2, 0.25) is 0 Å². The Bertz CT molecular complexity index is 363. The van der Waals surface area contributed by atoms with E-state index in [4.69, 9.17) is 4.74 Å². The summed E-state index contributed by atoms with van der Waals surface area (Å²) in [6.45, 7) is 5.10. The molecule has 17 heavy (non-hydrogen) atoms. The maximum absolute atomic E-state index is 11.3. The molecule has 3 nitrogen and oxygen atoms in total. The molecule has 0 saturated heterocycles. The van der Waals surface area contributed by atoms with Crippen LogP contribution < -0.4 is 5.32 Å². The van der Waals surface area contributed by atoms with Gasteiger partial charge in [-0.2, -0.15) is 0 Å². The van der Waals surface area contributed by atoms with E-state index < -0.39 is 0 Å². The molecule has 0 aromatic heterocycles. The number of methoxy groups -OCH3 is 1. The van der Waals surface area contributed by atoms with Gasteiger partial charge in [-0.15, -0.1) is 0 Å². The molecule has 0 aliphatic carbocycles. The van der Waals surface area contributed by atoms with Crippen molar-refractivity contribution in [3.05, 3.63) is 35.4 Å². The average molecular weight is 235 g/mol. The molecule has 0 amide bonds. The molecule has 1 aromatic rings. The van der Waals surface area contributed by atoms with Gasteiger partial charge in [0.15, 0.2) is 0 Å². The second-order valence-electron chi connectivity index (χ2n) is 4.21. The van der Waals surface area contributed by atoms with Crippen LogP contribution in [0.5, 0.6) is 0 Å². The van der Waals surface area contributed by atoms with E-state index in [0.29, 0.717) is 12.5 Å². The molecule has 0 radical (unpaired) electrons. The van der Waals surface area contributed by atoms with Gasteiger partial charge in [-0.1, -0.05) is 31.2 Å². The number of carbonyl (C=O) groups excluding carboxylic acids is 1. The molecule has 0 saturated carbocycles. The fourth-order valence-corrected chi connectivity index (χ4v) is 1.56. The minimum absolute atomic E-state index is 0.194. The SMILES string of the molecule is CCC(C)NCc1ccccc1CC(=O)OC. The van der Waals surface area contributed by atoms with E-state index in [1.54, 1.807) is 0 Å². The number of nitrogens with one attached hydrogen (secondary N) is 1. The van der Waals surface area contributed by atoms with E-state index >= 15 is 0 Å². The Hall–Kier alpha value is -1.35. The summed E-state index contributed by atoms with van der Waals surface area (Å²) in [5.74, 6) is -0.194. The lowest BCUT2D eigenvalue weighted by Crippen LogP contribution is -2.25. The third-order valence-electron chi connectivity index (χ3n) is 2.93. The standard InChI is InChI=1S/C14H21NO2/c1-4-11(2)15-10-13-8-6-5-7-12(13)9-14(16)17-3/h5-8,11,15H,4,9-10H2,1-3H3. The molecule has 94 valence electrons. The molecule has 0 aliphatic heterocycles. The number of ether oxygens (including phenoxy) is 1. The zero-order valence-electron chi connectivity index (χ0n) is 10.8. The summed E-state index contributed by atoms with van der Waals surface area (Å²) in [7, 11) is 1.42. The molecule has 0 spiro atoms. The Kier molecular flexibility index (Phi) is 5.70. The molecular weight excluding hydrogens is 214 g/mol. The smallest absolute Gasteiger partial charge is 0.309 e. The monoisotopic (exact) mass is 235 g/mol. The van der Waals surface area contributed by atoms with Crippen LogP contribution in [0.25, 0.3) is 0 Å². The lowest BCUT2D eigenvalue weighted by atomic mass is 10.0. The Balaban J connectivity index is 2.67. The molecule has 0 fully saturated rings. The van der Waals surface area contributed by atoms with Crippen LogP contribution in [0.15, 0.2) is 24.3 Å². The zero-order chi connectivity index (χ0) is 12.7. The summed E-state index contributed by atoms with van der Waals surface area (Å²) in [6, 6.07) is 8.46. The summed E-state index contributed by atoms with van der Waals surface area (Å²) >= 11 is 0. The first-order chi connectivity index (χ1) is 8.17. The Morgan fingerprint density at radius 3 is 2.59 bits per heavy atom. The zero-order valence-corrected chi connectivity index (χ0v) is 10.8. The van der Waals surface area contributed by atoms with Crippen molar-refractivity contribution < 1.29 is 9.53 Å². The molecule has 0 bridgehead atoms. The van der Waals surface area contributed by atoms with E-state index in [2.05, 4.69) is 19.2 Å². The summed E-state index contributed by atoms with van der Waals surface area (Å²) < 4.78 is 4.70. The van der Waals surface area contributed by atoms with Gasteiger partial charge in [0.05, 0.1) is 13.5 Å². The summed E-state index contributed by atoms with van der Waals surface area (Å²) in [6.07, 6.45) is 1.44. The van der Waals surface area contributed by atoms with Crippen molar-refractivity contribution in [1.82, 2.24) is 5.32 Å². The van der Waals surface area contributed by atoms with Gasteiger partial charge in [-0.25, -0.2) is 0 Å². The first-order valence-corrected chi connectivity index (χ1v) is 6.04. The second kappa shape index (κ2) is 7.07. The van der Waals surface area contributed by atoms with Crippen LogP contribution in [0.3, 0.4) is 0 Å². The summed E-state index contributed by atoms with van der Waals surface area (Å²) in [5.41, 5.74) is 2.20. The number of rotatable bonds is 6. The number of hydrogen-bond acceptors (Lipinski definition) is 3. The van der Waals surface area contributed by atoms with Crippen molar-refractivity contribution in [3.8, 4) is 0 Å². The number of carbonyl (C=O) groups is 1. The Labute approximate surface area is 103 Å². The predicted octanol–water partition coefficient (Wildman–Crippen LogP) is 2.29. The lowest BCUT2D eigenvalue weighted by Gasteiger charge is -2.13. The highest BCUT2D eigenvalue weighted by Gasteiger charge is 2.08. The minimum Gasteiger partial charge on any atom is -0.469 e. The first kappa shape index (κ1) is 13.7. The highest BCUT2D eigenvalue weighted by atomic mass is 16.5. The molecule has 3 heteroatoms. The quantitative estimate of drug-likeness (QED) is 0.769.